The van der Waals surface area contributed by atoms with E-state index >= 15 is 0 Å². The Morgan fingerprint density at radius 2 is 1.63 bits per heavy atom. The SMILES string of the molecule is CCOc1ccc(/C(O)=C2\C(=O)C(=O)N(CCN(CC)CC)[C@H]2c2cc(OC)ccc2OC)cc1. The van der Waals surface area contributed by atoms with E-state index in [0.717, 1.165) is 13.1 Å². The van der Waals surface area contributed by atoms with Crippen molar-refractivity contribution in [3.8, 4) is 17.2 Å². The van der Waals surface area contributed by atoms with Crippen LogP contribution in [0.2, 0.25) is 0 Å². The van der Waals surface area contributed by atoms with Gasteiger partial charge in [0.15, 0.2) is 0 Å². The summed E-state index contributed by atoms with van der Waals surface area (Å²) in [6.45, 7) is 9.04. The molecule has 1 aliphatic heterocycles. The average Bonchev–Trinajstić information content (AvgIpc) is 3.14. The number of rotatable bonds is 11. The highest BCUT2D eigenvalue weighted by atomic mass is 16.5. The molecule has 8 nitrogen and oxygen atoms in total. The number of Topliss-reactive ketones (excluding diaryl/α,β-unsaturated/α-hetero) is 1. The Balaban J connectivity index is 2.16. The molecular formula is C27H34N2O6. The normalized spacial score (nSPS) is 17.2. The van der Waals surface area contributed by atoms with Gasteiger partial charge in [-0.2, -0.15) is 0 Å². The Morgan fingerprint density at radius 1 is 0.971 bits per heavy atom. The van der Waals surface area contributed by atoms with Crippen LogP contribution in [0.5, 0.6) is 17.2 Å². The minimum absolute atomic E-state index is 0.0188. The largest absolute Gasteiger partial charge is 0.507 e. The molecule has 1 amide bonds. The van der Waals surface area contributed by atoms with E-state index in [1.54, 1.807) is 49.6 Å². The summed E-state index contributed by atoms with van der Waals surface area (Å²) < 4.78 is 16.5. The molecule has 35 heavy (non-hydrogen) atoms. The smallest absolute Gasteiger partial charge is 0.295 e. The van der Waals surface area contributed by atoms with Gasteiger partial charge in [0, 0.05) is 24.2 Å². The van der Waals surface area contributed by atoms with E-state index in [-0.39, 0.29) is 11.3 Å². The Morgan fingerprint density at radius 3 is 2.20 bits per heavy atom. The van der Waals surface area contributed by atoms with Gasteiger partial charge in [0.1, 0.15) is 23.0 Å². The van der Waals surface area contributed by atoms with Crippen LogP contribution in [0.1, 0.15) is 37.9 Å². The molecule has 1 fully saturated rings. The maximum Gasteiger partial charge on any atom is 0.295 e. The predicted octanol–water partition coefficient (Wildman–Crippen LogP) is 3.87. The highest BCUT2D eigenvalue weighted by Crippen LogP contribution is 2.43. The van der Waals surface area contributed by atoms with Crippen LogP contribution in [0.15, 0.2) is 48.0 Å². The van der Waals surface area contributed by atoms with Crippen molar-refractivity contribution in [1.82, 2.24) is 9.80 Å². The van der Waals surface area contributed by atoms with Gasteiger partial charge in [-0.1, -0.05) is 13.8 Å². The number of ether oxygens (including phenoxy) is 3. The summed E-state index contributed by atoms with van der Waals surface area (Å²) in [5, 5.41) is 11.3. The van der Waals surface area contributed by atoms with Gasteiger partial charge in [0.2, 0.25) is 0 Å². The van der Waals surface area contributed by atoms with Crippen LogP contribution < -0.4 is 14.2 Å². The van der Waals surface area contributed by atoms with Gasteiger partial charge in [-0.15, -0.1) is 0 Å². The van der Waals surface area contributed by atoms with Gasteiger partial charge in [-0.25, -0.2) is 0 Å². The summed E-state index contributed by atoms with van der Waals surface area (Å²) in [6.07, 6.45) is 0. The molecule has 188 valence electrons. The van der Waals surface area contributed by atoms with E-state index in [2.05, 4.69) is 4.90 Å². The number of hydrogen-bond donors (Lipinski definition) is 1. The molecule has 8 heteroatoms. The van der Waals surface area contributed by atoms with Crippen LogP contribution in [-0.4, -0.2) is 73.6 Å². The number of nitrogens with zero attached hydrogens (tertiary/aromatic N) is 2. The summed E-state index contributed by atoms with van der Waals surface area (Å²) in [7, 11) is 3.07. The second-order valence-electron chi connectivity index (χ2n) is 8.08. The first-order chi connectivity index (χ1) is 16.9. The first kappa shape index (κ1) is 26.1. The number of methoxy groups -OCH3 is 2. The van der Waals surface area contributed by atoms with Crippen molar-refractivity contribution in [3.63, 3.8) is 0 Å². The molecule has 0 aromatic heterocycles. The van der Waals surface area contributed by atoms with E-state index in [1.807, 2.05) is 20.8 Å². The topological polar surface area (TPSA) is 88.5 Å². The Hall–Kier alpha value is -3.52. The number of aliphatic hydroxyl groups is 1. The van der Waals surface area contributed by atoms with E-state index in [0.29, 0.717) is 48.1 Å². The van der Waals surface area contributed by atoms with Crippen LogP contribution in [0.3, 0.4) is 0 Å². The van der Waals surface area contributed by atoms with Gasteiger partial charge >= 0.3 is 0 Å². The van der Waals surface area contributed by atoms with Crippen molar-refractivity contribution >= 4 is 17.4 Å². The lowest BCUT2D eigenvalue weighted by Gasteiger charge is -2.29. The van der Waals surface area contributed by atoms with Gasteiger partial charge in [0.05, 0.1) is 32.4 Å². The van der Waals surface area contributed by atoms with Crippen LogP contribution in [0, 0.1) is 0 Å². The fraction of sp³-hybridized carbons (Fsp3) is 0.407. The molecule has 3 rings (SSSR count). The molecule has 0 aliphatic carbocycles. The summed E-state index contributed by atoms with van der Waals surface area (Å²) in [5.74, 6) is 0.0611. The zero-order chi connectivity index (χ0) is 25.5. The summed E-state index contributed by atoms with van der Waals surface area (Å²) in [4.78, 5) is 30.2. The van der Waals surface area contributed by atoms with Crippen LogP contribution in [0.25, 0.3) is 5.76 Å². The lowest BCUT2D eigenvalue weighted by Crippen LogP contribution is -2.38. The maximum absolute atomic E-state index is 13.3. The molecule has 2 aromatic rings. The third-order valence-electron chi connectivity index (χ3n) is 6.26. The van der Waals surface area contributed by atoms with Crippen molar-refractivity contribution in [2.45, 2.75) is 26.8 Å². The Kier molecular flexibility index (Phi) is 8.76. The number of likely N-dealkylation sites (N-methyl/N-ethyl adjacent to an activating group) is 1. The number of aliphatic hydroxyl groups excluding tert-OH is 1. The van der Waals surface area contributed by atoms with Crippen molar-refractivity contribution in [3.05, 3.63) is 59.2 Å². The minimum Gasteiger partial charge on any atom is -0.507 e. The maximum atomic E-state index is 13.3. The van der Waals surface area contributed by atoms with Crippen LogP contribution in [-0.2, 0) is 9.59 Å². The molecule has 0 saturated carbocycles. The van der Waals surface area contributed by atoms with E-state index < -0.39 is 17.7 Å². The molecule has 0 bridgehead atoms. The molecule has 1 aliphatic rings. The van der Waals surface area contributed by atoms with E-state index in [9.17, 15) is 14.7 Å². The van der Waals surface area contributed by atoms with Crippen molar-refractivity contribution in [2.75, 3.05) is 47.0 Å². The lowest BCUT2D eigenvalue weighted by atomic mass is 9.94. The molecule has 0 unspecified atom stereocenters. The number of hydrogen-bond acceptors (Lipinski definition) is 7. The lowest BCUT2D eigenvalue weighted by molar-refractivity contribution is -0.140. The van der Waals surface area contributed by atoms with Gasteiger partial charge < -0.3 is 29.1 Å². The molecule has 2 aromatic carbocycles. The minimum atomic E-state index is -0.831. The summed E-state index contributed by atoms with van der Waals surface area (Å²) >= 11 is 0. The second kappa shape index (κ2) is 11.8. The highest BCUT2D eigenvalue weighted by molar-refractivity contribution is 6.46. The Labute approximate surface area is 206 Å². The molecule has 1 heterocycles. The third-order valence-corrected chi connectivity index (χ3v) is 6.26. The highest BCUT2D eigenvalue weighted by Gasteiger charge is 2.47. The number of ketones is 1. The fourth-order valence-electron chi connectivity index (χ4n) is 4.31. The molecule has 1 atom stereocenters. The molecule has 1 saturated heterocycles. The van der Waals surface area contributed by atoms with Crippen molar-refractivity contribution < 1.29 is 28.9 Å². The molecular weight excluding hydrogens is 448 g/mol. The molecule has 0 radical (unpaired) electrons. The van der Waals surface area contributed by atoms with Gasteiger partial charge in [-0.05, 0) is 62.5 Å². The van der Waals surface area contributed by atoms with Crippen molar-refractivity contribution in [2.24, 2.45) is 0 Å². The van der Waals surface area contributed by atoms with Crippen LogP contribution >= 0.6 is 0 Å². The monoisotopic (exact) mass is 482 g/mol. The average molecular weight is 483 g/mol. The number of amides is 1. The predicted molar refractivity (Wildman–Crippen MR) is 134 cm³/mol. The number of carbonyl (C=O) groups is 2. The van der Waals surface area contributed by atoms with Gasteiger partial charge in [-0.3, -0.25) is 9.59 Å². The first-order valence-corrected chi connectivity index (χ1v) is 11.9. The fourth-order valence-corrected chi connectivity index (χ4v) is 4.31. The zero-order valence-electron chi connectivity index (χ0n) is 21.0. The third kappa shape index (κ3) is 5.43. The van der Waals surface area contributed by atoms with Crippen molar-refractivity contribution in [1.29, 1.82) is 0 Å². The zero-order valence-corrected chi connectivity index (χ0v) is 21.0. The number of benzene rings is 2. The van der Waals surface area contributed by atoms with E-state index in [1.165, 1.54) is 12.0 Å². The standard InChI is InChI=1S/C27H34N2O6/c1-6-28(7-2)15-16-29-24(21-17-20(33-4)13-14-22(21)34-5)23(26(31)27(29)32)25(30)18-9-11-19(12-10-18)35-8-3/h9-14,17,24,30H,6-8,15-16H2,1-5H3/b25-23+/t24-/m0/s1. The molecule has 1 N–H and O–H groups in total. The second-order valence-corrected chi connectivity index (χ2v) is 8.08. The van der Waals surface area contributed by atoms with E-state index in [4.69, 9.17) is 14.2 Å². The van der Waals surface area contributed by atoms with Crippen LogP contribution in [0.4, 0.5) is 0 Å². The summed E-state index contributed by atoms with van der Waals surface area (Å²) in [6, 6.07) is 11.2. The molecule has 0 spiro atoms. The first-order valence-electron chi connectivity index (χ1n) is 11.9. The Bertz CT molecular complexity index is 1080. The van der Waals surface area contributed by atoms with Gasteiger partial charge in [0.25, 0.3) is 11.7 Å². The quantitative estimate of drug-likeness (QED) is 0.296. The number of likely N-dealkylation sites (tertiary alicyclic amines) is 1. The number of carbonyl (C=O) groups excluding carboxylic acids is 2. The summed E-state index contributed by atoms with van der Waals surface area (Å²) in [5.41, 5.74) is 1.01.